The van der Waals surface area contributed by atoms with Gasteiger partial charge in [0.05, 0.1) is 12.7 Å². The van der Waals surface area contributed by atoms with Crippen LogP contribution in [0.5, 0.6) is 0 Å². The SMILES string of the molecule is C=CC(=O)NCCSSCCC.C=CC(=O)NCC[Se][Se]CCC.C=CC(=O)OCCSSCCC.C=CC(=O)OCC[Se][Se]CCC.CCCSSCCC1CO1.CCC[Se][Se]CCC1CO1. The second-order valence-corrected chi connectivity index (χ2v) is 44.7. The van der Waals surface area contributed by atoms with Gasteiger partial charge in [-0.2, -0.15) is 0 Å². The molecule has 2 N–H and O–H groups in total. The van der Waals surface area contributed by atoms with E-state index in [2.05, 4.69) is 78.5 Å². The number of carbonyl (C=O) groups excluding carboxylic acids is 4. The molecule has 0 aromatic rings. The Kier molecular flexibility index (Phi) is 77.6. The van der Waals surface area contributed by atoms with Crippen LogP contribution in [0.2, 0.25) is 31.9 Å². The van der Waals surface area contributed by atoms with E-state index in [9.17, 15) is 19.2 Å². The molecule has 2 saturated heterocycles. The fourth-order valence-corrected chi connectivity index (χ4v) is 29.2. The van der Waals surface area contributed by atoms with Crippen LogP contribution in [0.25, 0.3) is 0 Å². The van der Waals surface area contributed by atoms with Gasteiger partial charge in [0.25, 0.3) is 0 Å². The summed E-state index contributed by atoms with van der Waals surface area (Å²) in [6, 6.07) is 0. The average molecular weight is 1460 g/mol. The second kappa shape index (κ2) is 69.0. The van der Waals surface area contributed by atoms with Gasteiger partial charge < -0.3 is 14.8 Å². The zero-order valence-corrected chi connectivity index (χ0v) is 57.0. The maximum absolute atomic E-state index is 10.7. The molecule has 0 bridgehead atoms. The van der Waals surface area contributed by atoms with Gasteiger partial charge in [0.2, 0.25) is 5.91 Å². The van der Waals surface area contributed by atoms with Crippen molar-refractivity contribution in [2.24, 2.45) is 0 Å². The number of carbonyl (C=O) groups is 4. The van der Waals surface area contributed by atoms with E-state index in [0.717, 1.165) is 115 Å². The Morgan fingerprint density at radius 3 is 1.29 bits per heavy atom. The summed E-state index contributed by atoms with van der Waals surface area (Å²) >= 11 is 5.12. The summed E-state index contributed by atoms with van der Waals surface area (Å²) in [6.45, 7) is 31.3. The number of esters is 2. The van der Waals surface area contributed by atoms with Crippen molar-refractivity contribution >= 4 is 167 Å². The van der Waals surface area contributed by atoms with Gasteiger partial charge >= 0.3 is 251 Å². The van der Waals surface area contributed by atoms with E-state index >= 15 is 0 Å². The van der Waals surface area contributed by atoms with Gasteiger partial charge in [-0.1, -0.05) is 98.7 Å². The van der Waals surface area contributed by atoms with E-state index in [1.165, 1.54) is 120 Å². The first-order chi connectivity index (χ1) is 33.1. The van der Waals surface area contributed by atoms with E-state index in [0.29, 0.717) is 38.6 Å². The quantitative estimate of drug-likeness (QED) is 0.0150. The van der Waals surface area contributed by atoms with Gasteiger partial charge in [0.1, 0.15) is 6.61 Å². The van der Waals surface area contributed by atoms with Gasteiger partial charge in [-0.15, -0.1) is 0 Å². The Hall–Kier alpha value is 1.98. The fourth-order valence-electron chi connectivity index (χ4n) is 3.08. The fraction of sp³-hybridized carbons (Fsp3) is 0.739. The molecule has 2 unspecified atom stereocenters. The van der Waals surface area contributed by atoms with Crippen molar-refractivity contribution in [1.29, 1.82) is 0 Å². The van der Waals surface area contributed by atoms with Crippen molar-refractivity contribution in [3.05, 3.63) is 50.6 Å². The molecule has 0 aromatic carbocycles. The summed E-state index contributed by atoms with van der Waals surface area (Å²) in [5, 5.41) is 13.5. The van der Waals surface area contributed by atoms with Gasteiger partial charge in [0, 0.05) is 47.1 Å². The molecule has 2 aliphatic rings. The zero-order valence-electron chi connectivity index (χ0n) is 41.8. The molecule has 2 amide bonds. The third-order valence-electron chi connectivity index (χ3n) is 6.57. The predicted octanol–water partition coefficient (Wildman–Crippen LogP) is 10.6. The van der Waals surface area contributed by atoms with Gasteiger partial charge in [-0.3, -0.25) is 4.79 Å². The molecule has 0 spiro atoms. The van der Waals surface area contributed by atoms with Crippen molar-refractivity contribution in [1.82, 2.24) is 10.6 Å². The Balaban J connectivity index is -0.000000362. The first kappa shape index (κ1) is 76.5. The molecule has 0 aliphatic carbocycles. The van der Waals surface area contributed by atoms with Crippen LogP contribution in [0, 0.1) is 0 Å². The molecule has 400 valence electrons. The Labute approximate surface area is 472 Å². The Bertz CT molecular complexity index is 1030. The van der Waals surface area contributed by atoms with Crippen molar-refractivity contribution < 1.29 is 38.1 Å². The van der Waals surface area contributed by atoms with Crippen molar-refractivity contribution in [2.45, 2.75) is 137 Å². The molecular weight excluding hydrogens is 1370 g/mol. The summed E-state index contributed by atoms with van der Waals surface area (Å²) in [4.78, 5) is 42.5. The predicted molar refractivity (Wildman–Crippen MR) is 317 cm³/mol. The molecule has 2 aliphatic heterocycles. The molecule has 2 rings (SSSR count). The van der Waals surface area contributed by atoms with Crippen LogP contribution in [-0.2, 0) is 38.1 Å². The van der Waals surface area contributed by atoms with E-state index in [4.69, 9.17) is 18.9 Å². The summed E-state index contributed by atoms with van der Waals surface area (Å²) in [6.07, 6.45) is 16.6. The average Bonchev–Trinajstić information content (AvgIpc) is 4.31. The molecule has 2 atom stereocenters. The number of rotatable bonds is 40. The van der Waals surface area contributed by atoms with E-state index in [1.807, 2.05) is 43.2 Å². The van der Waals surface area contributed by atoms with E-state index in [-0.39, 0.29) is 23.8 Å². The van der Waals surface area contributed by atoms with Gasteiger partial charge in [-0.05, 0) is 31.8 Å². The van der Waals surface area contributed by atoms with Crippen LogP contribution < -0.4 is 10.6 Å². The normalized spacial score (nSPS) is 13.4. The summed E-state index contributed by atoms with van der Waals surface area (Å²) in [5.74, 6) is 5.93. The standard InChI is InChI=1S/C8H15NOS2.C8H15NOSe2.C8H14O2S2.C8H14O2Se2.C7H14OS2.C7H14OSe2/c2*1-3-6-11-12-7-5-9-8(10)4-2;2*1-3-6-11-12-7-5-10-8(9)4-2;2*1-2-4-9-10-5-3-7-6-8-7/h2*4H,2-3,5-7H2,1H3,(H,9,10);2*4H,2-3,5-7H2,1H3;2*7H,2-6H2,1H3. The molecule has 10 nitrogen and oxygen atoms in total. The minimum atomic E-state index is -0.337. The first-order valence-electron chi connectivity index (χ1n) is 23.2. The number of epoxide rings is 2. The molecular formula is C46H86N2O8S6Se6. The second-order valence-electron chi connectivity index (χ2n) is 13.1. The Morgan fingerprint density at radius 1 is 0.471 bits per heavy atom. The monoisotopic (exact) mass is 1470 g/mol. The van der Waals surface area contributed by atoms with Crippen LogP contribution in [-0.4, -0.2) is 189 Å². The third kappa shape index (κ3) is 79.4. The van der Waals surface area contributed by atoms with Crippen molar-refractivity contribution in [3.63, 3.8) is 0 Å². The summed E-state index contributed by atoms with van der Waals surface area (Å²) in [7, 11) is 11.2. The van der Waals surface area contributed by atoms with Crippen molar-refractivity contribution in [2.75, 3.05) is 74.0 Å². The summed E-state index contributed by atoms with van der Waals surface area (Å²) < 4.78 is 19.8. The zero-order chi connectivity index (χ0) is 51.4. The molecule has 68 heavy (non-hydrogen) atoms. The first-order valence-corrected chi connectivity index (χ1v) is 50.9. The molecule has 2 heterocycles. The number of nitrogens with one attached hydrogen (secondary N) is 2. The number of hydrogen-bond acceptors (Lipinski definition) is 14. The maximum atomic E-state index is 10.7. The van der Waals surface area contributed by atoms with Crippen LogP contribution >= 0.6 is 64.8 Å². The molecule has 0 saturated carbocycles. The van der Waals surface area contributed by atoms with Crippen molar-refractivity contribution in [3.8, 4) is 0 Å². The van der Waals surface area contributed by atoms with Crippen LogP contribution in [0.4, 0.5) is 0 Å². The number of amides is 2. The van der Waals surface area contributed by atoms with Crippen LogP contribution in [0.15, 0.2) is 50.6 Å². The van der Waals surface area contributed by atoms with Crippen LogP contribution in [0.3, 0.4) is 0 Å². The van der Waals surface area contributed by atoms with Gasteiger partial charge in [0.15, 0.2) is 0 Å². The van der Waals surface area contributed by atoms with Crippen LogP contribution in [0.1, 0.15) is 92.9 Å². The minimum absolute atomic E-state index is 0.0474. The number of hydrogen-bond donors (Lipinski definition) is 2. The third-order valence-corrected chi connectivity index (χ3v) is 37.7. The molecule has 2 fully saturated rings. The molecule has 22 heteroatoms. The number of ether oxygens (including phenoxy) is 4. The van der Waals surface area contributed by atoms with Gasteiger partial charge in [-0.25, -0.2) is 4.79 Å². The molecule has 0 radical (unpaired) electrons. The molecule has 0 aromatic heterocycles. The van der Waals surface area contributed by atoms with E-state index in [1.54, 1.807) is 21.6 Å². The summed E-state index contributed by atoms with van der Waals surface area (Å²) in [5.41, 5.74) is 0. The topological polar surface area (TPSA) is 136 Å². The Morgan fingerprint density at radius 2 is 0.853 bits per heavy atom. The van der Waals surface area contributed by atoms with E-state index < -0.39 is 0 Å².